The summed E-state index contributed by atoms with van der Waals surface area (Å²) >= 11 is 1.23. The van der Waals surface area contributed by atoms with Crippen LogP contribution >= 0.6 is 11.3 Å². The number of halogens is 3. The molecule has 2 rings (SSSR count). The van der Waals surface area contributed by atoms with E-state index in [0.29, 0.717) is 30.9 Å². The summed E-state index contributed by atoms with van der Waals surface area (Å²) in [4.78, 5) is 18.7. The normalized spacial score (nSPS) is 12.0. The first-order valence-corrected chi connectivity index (χ1v) is 8.82. The van der Waals surface area contributed by atoms with Gasteiger partial charge in [0.15, 0.2) is 0 Å². The lowest BCUT2D eigenvalue weighted by atomic mass is 10.2. The van der Waals surface area contributed by atoms with Crippen LogP contribution in [0.2, 0.25) is 0 Å². The van der Waals surface area contributed by atoms with Gasteiger partial charge in [-0.25, -0.2) is 0 Å². The number of thiophene rings is 1. The summed E-state index contributed by atoms with van der Waals surface area (Å²) in [5.74, 6) is -1.48. The van der Waals surface area contributed by atoms with Gasteiger partial charge in [-0.2, -0.15) is 18.2 Å². The molecular weight excluding hydrogens is 371 g/mol. The molecule has 0 radical (unpaired) electrons. The van der Waals surface area contributed by atoms with Crippen molar-refractivity contribution < 1.29 is 27.2 Å². The minimum Gasteiger partial charge on any atom is -0.385 e. The fourth-order valence-corrected chi connectivity index (χ4v) is 3.19. The number of amides is 1. The van der Waals surface area contributed by atoms with E-state index in [2.05, 4.69) is 14.7 Å². The number of nitrogens with zero attached hydrogens (tertiary/aromatic N) is 3. The van der Waals surface area contributed by atoms with E-state index in [1.54, 1.807) is 24.1 Å². The Bertz CT molecular complexity index is 728. The van der Waals surface area contributed by atoms with E-state index in [1.165, 1.54) is 11.3 Å². The molecule has 0 saturated heterocycles. The molecule has 0 saturated carbocycles. The minimum absolute atomic E-state index is 0.00222. The standard InChI is InChI=1S/C16H20F3N3O3S/c1-10(2)22(13(23)5-4-8-24-3)9-11-6-7-12(26-11)14-20-15(25-21-14)16(17,18)19/h6-7,10H,4-5,8-9H2,1-3H3. The number of carbonyl (C=O) groups is 1. The number of ether oxygens (including phenoxy) is 1. The first-order chi connectivity index (χ1) is 12.2. The van der Waals surface area contributed by atoms with Gasteiger partial charge in [-0.1, -0.05) is 5.16 Å². The summed E-state index contributed by atoms with van der Waals surface area (Å²) in [6.07, 6.45) is -3.66. The van der Waals surface area contributed by atoms with Gasteiger partial charge < -0.3 is 14.2 Å². The number of alkyl halides is 3. The second kappa shape index (κ2) is 8.63. The lowest BCUT2D eigenvalue weighted by Gasteiger charge is -2.26. The van der Waals surface area contributed by atoms with Gasteiger partial charge in [-0.15, -0.1) is 11.3 Å². The lowest BCUT2D eigenvalue weighted by Crippen LogP contribution is -2.36. The highest BCUT2D eigenvalue weighted by Gasteiger charge is 2.38. The van der Waals surface area contributed by atoms with E-state index >= 15 is 0 Å². The predicted octanol–water partition coefficient (Wildman–Crippen LogP) is 3.98. The SMILES string of the molecule is COCCCC(=O)N(Cc1ccc(-c2noc(C(F)(F)F)n2)s1)C(C)C. The Morgan fingerprint density at radius 3 is 2.69 bits per heavy atom. The Labute approximate surface area is 152 Å². The van der Waals surface area contributed by atoms with Gasteiger partial charge in [-0.3, -0.25) is 4.79 Å². The quantitative estimate of drug-likeness (QED) is 0.637. The van der Waals surface area contributed by atoms with Crippen LogP contribution in [0.15, 0.2) is 16.7 Å². The molecule has 2 aromatic rings. The molecule has 144 valence electrons. The summed E-state index contributed by atoms with van der Waals surface area (Å²) in [7, 11) is 1.58. The molecule has 26 heavy (non-hydrogen) atoms. The average Bonchev–Trinajstić information content (AvgIpc) is 3.21. The summed E-state index contributed by atoms with van der Waals surface area (Å²) in [5, 5.41) is 3.38. The van der Waals surface area contributed by atoms with Crippen molar-refractivity contribution in [1.82, 2.24) is 15.0 Å². The number of aromatic nitrogens is 2. The van der Waals surface area contributed by atoms with E-state index in [4.69, 9.17) is 4.74 Å². The van der Waals surface area contributed by atoms with Crippen LogP contribution in [0.1, 0.15) is 37.5 Å². The molecule has 0 aromatic carbocycles. The smallest absolute Gasteiger partial charge is 0.385 e. The van der Waals surface area contributed by atoms with E-state index in [0.717, 1.165) is 4.88 Å². The van der Waals surface area contributed by atoms with Gasteiger partial charge in [0.25, 0.3) is 0 Å². The number of hydrogen-bond donors (Lipinski definition) is 0. The van der Waals surface area contributed by atoms with Gasteiger partial charge in [0.1, 0.15) is 0 Å². The second-order valence-corrected chi connectivity index (χ2v) is 7.07. The van der Waals surface area contributed by atoms with Gasteiger partial charge in [-0.05, 0) is 32.4 Å². The molecule has 0 spiro atoms. The van der Waals surface area contributed by atoms with Crippen LogP contribution in [0.5, 0.6) is 0 Å². The van der Waals surface area contributed by atoms with Gasteiger partial charge >= 0.3 is 12.1 Å². The van der Waals surface area contributed by atoms with Crippen molar-refractivity contribution in [2.75, 3.05) is 13.7 Å². The second-order valence-electron chi connectivity index (χ2n) is 5.90. The van der Waals surface area contributed by atoms with Gasteiger partial charge in [0.05, 0.1) is 11.4 Å². The van der Waals surface area contributed by atoms with E-state index in [9.17, 15) is 18.0 Å². The van der Waals surface area contributed by atoms with E-state index in [-0.39, 0.29) is 17.8 Å². The third-order valence-corrected chi connectivity index (χ3v) is 4.63. The number of hydrogen-bond acceptors (Lipinski definition) is 6. The largest absolute Gasteiger partial charge is 0.471 e. The van der Waals surface area contributed by atoms with E-state index in [1.807, 2.05) is 13.8 Å². The van der Waals surface area contributed by atoms with Crippen LogP contribution in [0.4, 0.5) is 13.2 Å². The van der Waals surface area contributed by atoms with E-state index < -0.39 is 12.1 Å². The Kier molecular flexibility index (Phi) is 6.76. The summed E-state index contributed by atoms with van der Waals surface area (Å²) in [5.41, 5.74) is 0. The summed E-state index contributed by atoms with van der Waals surface area (Å²) in [6.45, 7) is 4.72. The predicted molar refractivity (Wildman–Crippen MR) is 89.4 cm³/mol. The van der Waals surface area contributed by atoms with Crippen molar-refractivity contribution in [3.63, 3.8) is 0 Å². The molecule has 0 fully saturated rings. The fourth-order valence-electron chi connectivity index (χ4n) is 2.26. The average molecular weight is 391 g/mol. The van der Waals surface area contributed by atoms with Crippen LogP contribution in [-0.4, -0.2) is 40.7 Å². The fraction of sp³-hybridized carbons (Fsp3) is 0.562. The van der Waals surface area contributed by atoms with Gasteiger partial charge in [0.2, 0.25) is 11.7 Å². The maximum absolute atomic E-state index is 12.6. The van der Waals surface area contributed by atoms with Crippen molar-refractivity contribution >= 4 is 17.2 Å². The first kappa shape index (κ1) is 20.4. The lowest BCUT2D eigenvalue weighted by molar-refractivity contribution is -0.159. The molecular formula is C16H20F3N3O3S. The zero-order chi connectivity index (χ0) is 19.3. The van der Waals surface area contributed by atoms with Crippen LogP contribution in [0, 0.1) is 0 Å². The van der Waals surface area contributed by atoms with Crippen molar-refractivity contribution in [2.45, 2.75) is 45.5 Å². The third-order valence-electron chi connectivity index (χ3n) is 3.56. The Balaban J connectivity index is 2.07. The molecule has 10 heteroatoms. The summed E-state index contributed by atoms with van der Waals surface area (Å²) in [6, 6.07) is 3.37. The monoisotopic (exact) mass is 391 g/mol. The molecule has 0 N–H and O–H groups in total. The van der Waals surface area contributed by atoms with Crippen molar-refractivity contribution in [2.24, 2.45) is 0 Å². The highest BCUT2D eigenvalue weighted by atomic mass is 32.1. The van der Waals surface area contributed by atoms with Crippen LogP contribution in [-0.2, 0) is 22.3 Å². The Hall–Kier alpha value is -1.94. The highest BCUT2D eigenvalue weighted by Crippen LogP contribution is 2.32. The molecule has 2 aromatic heterocycles. The van der Waals surface area contributed by atoms with Crippen molar-refractivity contribution in [3.8, 4) is 10.7 Å². The third kappa shape index (κ3) is 5.28. The van der Waals surface area contributed by atoms with Crippen LogP contribution < -0.4 is 0 Å². The molecule has 0 bridgehead atoms. The number of methoxy groups -OCH3 is 1. The Morgan fingerprint density at radius 2 is 2.12 bits per heavy atom. The van der Waals surface area contributed by atoms with Crippen LogP contribution in [0.25, 0.3) is 10.7 Å². The maximum atomic E-state index is 12.6. The molecule has 0 aliphatic rings. The molecule has 1 amide bonds. The van der Waals surface area contributed by atoms with Gasteiger partial charge in [0, 0.05) is 31.1 Å². The number of carbonyl (C=O) groups excluding carboxylic acids is 1. The molecule has 0 atom stereocenters. The van der Waals surface area contributed by atoms with Crippen LogP contribution in [0.3, 0.4) is 0 Å². The molecule has 0 unspecified atom stereocenters. The van der Waals surface area contributed by atoms with Crippen molar-refractivity contribution in [1.29, 1.82) is 0 Å². The molecule has 2 heterocycles. The number of rotatable bonds is 8. The minimum atomic E-state index is -4.67. The van der Waals surface area contributed by atoms with Crippen molar-refractivity contribution in [3.05, 3.63) is 22.9 Å². The maximum Gasteiger partial charge on any atom is 0.471 e. The molecule has 6 nitrogen and oxygen atoms in total. The highest BCUT2D eigenvalue weighted by molar-refractivity contribution is 7.15. The topological polar surface area (TPSA) is 68.5 Å². The molecule has 0 aliphatic heterocycles. The zero-order valence-corrected chi connectivity index (χ0v) is 15.5. The zero-order valence-electron chi connectivity index (χ0n) is 14.7. The Morgan fingerprint density at radius 1 is 1.38 bits per heavy atom. The molecule has 0 aliphatic carbocycles. The summed E-state index contributed by atoms with van der Waals surface area (Å²) < 4.78 is 46.9. The first-order valence-electron chi connectivity index (χ1n) is 8.00.